The number of allylic oxidation sites excluding steroid dienone is 1. The zero-order chi connectivity index (χ0) is 22.0. The number of hydrogen-bond donors (Lipinski definition) is 1. The number of fused-ring (bicyclic) bond motifs is 1. The van der Waals surface area contributed by atoms with Gasteiger partial charge >= 0.3 is 11.9 Å². The van der Waals surface area contributed by atoms with Gasteiger partial charge in [-0.25, -0.2) is 9.59 Å². The molecule has 1 aliphatic heterocycles. The van der Waals surface area contributed by atoms with Crippen molar-refractivity contribution in [3.8, 4) is 6.07 Å². The number of esters is 2. The summed E-state index contributed by atoms with van der Waals surface area (Å²) in [6.07, 6.45) is 1.00. The summed E-state index contributed by atoms with van der Waals surface area (Å²) in [5, 5.41) is 10.1. The van der Waals surface area contributed by atoms with Crippen molar-refractivity contribution in [3.63, 3.8) is 0 Å². The molecule has 0 saturated heterocycles. The molecule has 2 aromatic rings. The molecule has 0 spiro atoms. The molecule has 1 aromatic heterocycles. The standard InChI is InChI=1S/C20H16ClN3O5S/c1-3-29-20(27)16-15(10-6-4-5-7-12(10)21)11(9-22)17(23)24-18(26)13(30-19(16)24)8-14(25)28-2/h4-8,15H,3,23H2,1-2H3/b13-8-. The Labute approximate surface area is 179 Å². The van der Waals surface area contributed by atoms with E-state index in [-0.39, 0.29) is 32.8 Å². The Balaban J connectivity index is 2.50. The number of methoxy groups -OCH3 is 1. The maximum atomic E-state index is 12.9. The van der Waals surface area contributed by atoms with E-state index >= 15 is 0 Å². The molecular formula is C20H16ClN3O5S. The maximum absolute atomic E-state index is 12.9. The first-order valence-electron chi connectivity index (χ1n) is 8.73. The Hall–Kier alpha value is -3.35. The SMILES string of the molecule is CCOC(=O)C1=c2s/c(=C\C(=O)OC)c(=O)n2C(N)=C(C#N)C1c1ccccc1Cl. The fraction of sp³-hybridized carbons (Fsp3) is 0.200. The highest BCUT2D eigenvalue weighted by Gasteiger charge is 2.37. The molecule has 3 rings (SSSR count). The number of nitriles is 1. The van der Waals surface area contributed by atoms with Crippen LogP contribution >= 0.6 is 22.9 Å². The quantitative estimate of drug-likeness (QED) is 0.686. The van der Waals surface area contributed by atoms with Crippen molar-refractivity contribution in [1.29, 1.82) is 5.26 Å². The Kier molecular flexibility index (Phi) is 6.10. The second-order valence-corrected chi connectivity index (χ2v) is 7.52. The normalized spacial score (nSPS) is 16.1. The van der Waals surface area contributed by atoms with Gasteiger partial charge in [0.25, 0.3) is 5.56 Å². The summed E-state index contributed by atoms with van der Waals surface area (Å²) in [7, 11) is 1.18. The highest BCUT2D eigenvalue weighted by Crippen LogP contribution is 2.39. The molecule has 1 unspecified atom stereocenters. The number of carbonyl (C=O) groups excluding carboxylic acids is 2. The molecule has 8 nitrogen and oxygen atoms in total. The van der Waals surface area contributed by atoms with Crippen LogP contribution in [0.25, 0.3) is 17.5 Å². The van der Waals surface area contributed by atoms with Gasteiger partial charge in [0.15, 0.2) is 0 Å². The molecular weight excluding hydrogens is 430 g/mol. The van der Waals surface area contributed by atoms with Crippen LogP contribution in [0.2, 0.25) is 5.02 Å². The van der Waals surface area contributed by atoms with E-state index in [0.29, 0.717) is 10.6 Å². The lowest BCUT2D eigenvalue weighted by atomic mass is 9.84. The molecule has 0 fully saturated rings. The number of carbonyl (C=O) groups is 2. The molecule has 0 amide bonds. The van der Waals surface area contributed by atoms with E-state index in [1.165, 1.54) is 7.11 Å². The number of halogens is 1. The molecule has 0 radical (unpaired) electrons. The number of nitrogens with zero attached hydrogens (tertiary/aromatic N) is 2. The van der Waals surface area contributed by atoms with Crippen LogP contribution in [0.15, 0.2) is 34.6 Å². The molecule has 1 atom stereocenters. The summed E-state index contributed by atoms with van der Waals surface area (Å²) < 4.78 is 11.0. The molecule has 0 saturated carbocycles. The molecule has 0 bridgehead atoms. The number of benzene rings is 1. The van der Waals surface area contributed by atoms with E-state index < -0.39 is 23.4 Å². The average Bonchev–Trinajstić information content (AvgIpc) is 3.04. The first-order chi connectivity index (χ1) is 14.3. The third kappa shape index (κ3) is 3.51. The Morgan fingerprint density at radius 1 is 1.40 bits per heavy atom. The van der Waals surface area contributed by atoms with Crippen LogP contribution in [0.1, 0.15) is 18.4 Å². The predicted molar refractivity (Wildman–Crippen MR) is 112 cm³/mol. The molecule has 2 heterocycles. The van der Waals surface area contributed by atoms with Crippen molar-refractivity contribution >= 4 is 52.3 Å². The Bertz CT molecular complexity index is 1300. The van der Waals surface area contributed by atoms with E-state index in [1.54, 1.807) is 31.2 Å². The van der Waals surface area contributed by atoms with Crippen molar-refractivity contribution < 1.29 is 19.1 Å². The Morgan fingerprint density at radius 3 is 2.70 bits per heavy atom. The van der Waals surface area contributed by atoms with Gasteiger partial charge in [0.1, 0.15) is 15.0 Å². The highest BCUT2D eigenvalue weighted by molar-refractivity contribution is 7.07. The third-order valence-electron chi connectivity index (χ3n) is 4.43. The minimum atomic E-state index is -0.938. The van der Waals surface area contributed by atoms with Crippen molar-refractivity contribution in [3.05, 3.63) is 60.0 Å². The van der Waals surface area contributed by atoms with Crippen molar-refractivity contribution in [2.24, 2.45) is 5.73 Å². The van der Waals surface area contributed by atoms with Crippen LogP contribution < -0.4 is 20.5 Å². The zero-order valence-electron chi connectivity index (χ0n) is 16.0. The predicted octanol–water partition coefficient (Wildman–Crippen LogP) is 0.679. The van der Waals surface area contributed by atoms with E-state index in [1.807, 2.05) is 6.07 Å². The number of nitrogens with two attached hydrogens (primary N) is 1. The van der Waals surface area contributed by atoms with Gasteiger partial charge in [-0.15, -0.1) is 11.3 Å². The largest absolute Gasteiger partial charge is 0.466 e. The lowest BCUT2D eigenvalue weighted by Crippen LogP contribution is -2.40. The van der Waals surface area contributed by atoms with E-state index in [4.69, 9.17) is 22.1 Å². The molecule has 2 N–H and O–H groups in total. The summed E-state index contributed by atoms with van der Waals surface area (Å²) in [6.45, 7) is 1.72. The summed E-state index contributed by atoms with van der Waals surface area (Å²) in [4.78, 5) is 37.5. The summed E-state index contributed by atoms with van der Waals surface area (Å²) in [6, 6.07) is 8.71. The summed E-state index contributed by atoms with van der Waals surface area (Å²) in [5.41, 5.74) is 6.02. The van der Waals surface area contributed by atoms with Crippen LogP contribution in [-0.2, 0) is 19.1 Å². The van der Waals surface area contributed by atoms with Crippen LogP contribution in [0.4, 0.5) is 0 Å². The monoisotopic (exact) mass is 445 g/mol. The van der Waals surface area contributed by atoms with E-state index in [2.05, 4.69) is 4.74 Å². The van der Waals surface area contributed by atoms with Crippen LogP contribution in [-0.4, -0.2) is 30.2 Å². The first-order valence-corrected chi connectivity index (χ1v) is 9.92. The van der Waals surface area contributed by atoms with Gasteiger partial charge in [-0.2, -0.15) is 5.26 Å². The minimum absolute atomic E-state index is 0.00121. The maximum Gasteiger partial charge on any atom is 0.338 e. The van der Waals surface area contributed by atoms with Crippen molar-refractivity contribution in [2.45, 2.75) is 12.8 Å². The fourth-order valence-electron chi connectivity index (χ4n) is 3.14. The molecule has 1 aromatic carbocycles. The summed E-state index contributed by atoms with van der Waals surface area (Å²) >= 11 is 7.23. The molecule has 10 heteroatoms. The third-order valence-corrected chi connectivity index (χ3v) is 5.88. The molecule has 1 aliphatic rings. The number of aromatic nitrogens is 1. The lowest BCUT2D eigenvalue weighted by Gasteiger charge is -2.25. The molecule has 0 aliphatic carbocycles. The van der Waals surface area contributed by atoms with Crippen molar-refractivity contribution in [2.75, 3.05) is 13.7 Å². The van der Waals surface area contributed by atoms with Crippen LogP contribution in [0.5, 0.6) is 0 Å². The minimum Gasteiger partial charge on any atom is -0.466 e. The average molecular weight is 446 g/mol. The van der Waals surface area contributed by atoms with Gasteiger partial charge in [0.05, 0.1) is 36.9 Å². The second-order valence-electron chi connectivity index (χ2n) is 6.08. The highest BCUT2D eigenvalue weighted by atomic mass is 35.5. The van der Waals surface area contributed by atoms with Crippen molar-refractivity contribution in [1.82, 2.24) is 4.57 Å². The smallest absolute Gasteiger partial charge is 0.338 e. The second kappa shape index (κ2) is 8.57. The first kappa shape index (κ1) is 21.4. The molecule has 30 heavy (non-hydrogen) atoms. The van der Waals surface area contributed by atoms with E-state index in [9.17, 15) is 19.6 Å². The fourth-order valence-corrected chi connectivity index (χ4v) is 4.51. The number of thiazole rings is 1. The zero-order valence-corrected chi connectivity index (χ0v) is 17.5. The number of hydrogen-bond acceptors (Lipinski definition) is 8. The lowest BCUT2D eigenvalue weighted by molar-refractivity contribution is -0.136. The van der Waals surface area contributed by atoms with E-state index in [0.717, 1.165) is 22.0 Å². The summed E-state index contributed by atoms with van der Waals surface area (Å²) in [5.74, 6) is -2.54. The number of rotatable bonds is 4. The van der Waals surface area contributed by atoms with Gasteiger partial charge in [-0.05, 0) is 18.6 Å². The Morgan fingerprint density at radius 2 is 2.10 bits per heavy atom. The van der Waals surface area contributed by atoms with Crippen LogP contribution in [0.3, 0.4) is 0 Å². The van der Waals surface area contributed by atoms with Gasteiger partial charge < -0.3 is 15.2 Å². The van der Waals surface area contributed by atoms with Gasteiger partial charge in [0, 0.05) is 11.1 Å². The van der Waals surface area contributed by atoms with Crippen LogP contribution in [0, 0.1) is 11.3 Å². The number of ether oxygens (including phenoxy) is 2. The topological polar surface area (TPSA) is 124 Å². The van der Waals surface area contributed by atoms with Gasteiger partial charge in [0.2, 0.25) is 0 Å². The van der Waals surface area contributed by atoms with Gasteiger partial charge in [-0.1, -0.05) is 29.8 Å². The molecule has 154 valence electrons. The van der Waals surface area contributed by atoms with Gasteiger partial charge in [-0.3, -0.25) is 9.36 Å².